The number of thioether (sulfide) groups is 1. The Morgan fingerprint density at radius 1 is 1.22 bits per heavy atom. The zero-order valence-electron chi connectivity index (χ0n) is 18.1. The largest absolute Gasteiger partial charge is 0.351 e. The Labute approximate surface area is 192 Å². The molecule has 0 spiro atoms. The number of amides is 2. The summed E-state index contributed by atoms with van der Waals surface area (Å²) in [6, 6.07) is 10.2. The van der Waals surface area contributed by atoms with E-state index in [2.05, 4.69) is 27.0 Å². The van der Waals surface area contributed by atoms with Crippen LogP contribution in [0.25, 0.3) is 11.3 Å². The molecule has 1 saturated heterocycles. The molecule has 2 amide bonds. The first-order valence-electron chi connectivity index (χ1n) is 10.9. The highest BCUT2D eigenvalue weighted by molar-refractivity contribution is 7.99. The molecular formula is C22H28N4O4S2. The number of benzene rings is 1. The van der Waals surface area contributed by atoms with E-state index in [-0.39, 0.29) is 41.7 Å². The van der Waals surface area contributed by atoms with Gasteiger partial charge in [0, 0.05) is 18.6 Å². The van der Waals surface area contributed by atoms with Gasteiger partial charge in [-0.05, 0) is 31.7 Å². The van der Waals surface area contributed by atoms with Crippen molar-refractivity contribution in [2.24, 2.45) is 0 Å². The fourth-order valence-electron chi connectivity index (χ4n) is 3.91. The van der Waals surface area contributed by atoms with Gasteiger partial charge in [0.25, 0.3) is 0 Å². The van der Waals surface area contributed by atoms with Crippen LogP contribution < -0.4 is 5.32 Å². The SMILES string of the molecule is CCN(CC(=O)N[C@@H]1CCS(=O)(=O)C1)C(=O)CSc1ncc(-c2ccccc2)n1C1CC1. The maximum Gasteiger partial charge on any atom is 0.239 e. The molecule has 172 valence electrons. The minimum atomic E-state index is -3.06. The summed E-state index contributed by atoms with van der Waals surface area (Å²) in [6.07, 6.45) is 4.50. The number of carbonyl (C=O) groups excluding carboxylic acids is 2. The minimum absolute atomic E-state index is 0.0256. The van der Waals surface area contributed by atoms with Crippen LogP contribution in [0.2, 0.25) is 0 Å². The summed E-state index contributed by atoms with van der Waals surface area (Å²) in [5, 5.41) is 3.56. The van der Waals surface area contributed by atoms with Crippen molar-refractivity contribution in [1.29, 1.82) is 0 Å². The van der Waals surface area contributed by atoms with Crippen molar-refractivity contribution in [3.05, 3.63) is 36.5 Å². The van der Waals surface area contributed by atoms with Crippen molar-refractivity contribution in [1.82, 2.24) is 19.8 Å². The van der Waals surface area contributed by atoms with Crippen LogP contribution in [-0.4, -0.2) is 71.1 Å². The predicted octanol–water partition coefficient (Wildman–Crippen LogP) is 2.13. The summed E-state index contributed by atoms with van der Waals surface area (Å²) in [5.74, 6) is -0.195. The van der Waals surface area contributed by atoms with Crippen LogP contribution in [0.3, 0.4) is 0 Å². The Balaban J connectivity index is 1.35. The third kappa shape index (κ3) is 5.53. The lowest BCUT2D eigenvalue weighted by atomic mass is 10.2. The molecule has 0 unspecified atom stereocenters. The topological polar surface area (TPSA) is 101 Å². The van der Waals surface area contributed by atoms with Gasteiger partial charge in [0.05, 0.1) is 35.7 Å². The lowest BCUT2D eigenvalue weighted by Crippen LogP contribution is -2.45. The molecule has 0 radical (unpaired) electrons. The molecule has 1 aromatic carbocycles. The molecule has 1 aliphatic heterocycles. The Morgan fingerprint density at radius 3 is 2.59 bits per heavy atom. The van der Waals surface area contributed by atoms with E-state index in [0.29, 0.717) is 19.0 Å². The van der Waals surface area contributed by atoms with E-state index in [1.807, 2.05) is 31.3 Å². The first-order valence-corrected chi connectivity index (χ1v) is 13.7. The van der Waals surface area contributed by atoms with Crippen molar-refractivity contribution in [2.75, 3.05) is 30.3 Å². The van der Waals surface area contributed by atoms with E-state index in [1.165, 1.54) is 16.7 Å². The number of nitrogens with zero attached hydrogens (tertiary/aromatic N) is 3. The van der Waals surface area contributed by atoms with Gasteiger partial charge in [0.2, 0.25) is 11.8 Å². The van der Waals surface area contributed by atoms with Gasteiger partial charge in [-0.25, -0.2) is 13.4 Å². The number of aromatic nitrogens is 2. The second-order valence-electron chi connectivity index (χ2n) is 8.26. The molecule has 10 heteroatoms. The van der Waals surface area contributed by atoms with E-state index in [4.69, 9.17) is 0 Å². The van der Waals surface area contributed by atoms with Gasteiger partial charge in [-0.3, -0.25) is 9.59 Å². The van der Waals surface area contributed by atoms with Crippen LogP contribution in [0.5, 0.6) is 0 Å². The second kappa shape index (κ2) is 9.66. The molecule has 2 aromatic rings. The van der Waals surface area contributed by atoms with Gasteiger partial charge in [-0.15, -0.1) is 0 Å². The molecular weight excluding hydrogens is 448 g/mol. The van der Waals surface area contributed by atoms with Gasteiger partial charge >= 0.3 is 0 Å². The minimum Gasteiger partial charge on any atom is -0.351 e. The van der Waals surface area contributed by atoms with Gasteiger partial charge < -0.3 is 14.8 Å². The van der Waals surface area contributed by atoms with Crippen LogP contribution in [0.15, 0.2) is 41.7 Å². The third-order valence-corrected chi connectivity index (χ3v) is 8.46. The van der Waals surface area contributed by atoms with Crippen LogP contribution in [0.1, 0.15) is 32.2 Å². The third-order valence-electron chi connectivity index (χ3n) is 5.74. The maximum atomic E-state index is 12.8. The molecule has 0 bridgehead atoms. The van der Waals surface area contributed by atoms with Crippen LogP contribution in [-0.2, 0) is 19.4 Å². The first-order chi connectivity index (χ1) is 15.4. The quantitative estimate of drug-likeness (QED) is 0.557. The van der Waals surface area contributed by atoms with Crippen molar-refractivity contribution in [2.45, 2.75) is 43.4 Å². The molecule has 2 heterocycles. The standard InChI is InChI=1S/C22H28N4O4S2/c1-2-25(13-20(27)24-17-10-11-32(29,30)15-17)21(28)14-31-22-23-12-19(26(22)18-8-9-18)16-6-4-3-5-7-16/h3-7,12,17-18H,2,8-11,13-15H2,1H3,(H,24,27)/t17-/m1/s1. The van der Waals surface area contributed by atoms with Crippen LogP contribution in [0.4, 0.5) is 0 Å². The maximum absolute atomic E-state index is 12.8. The fourth-order valence-corrected chi connectivity index (χ4v) is 6.53. The summed E-state index contributed by atoms with van der Waals surface area (Å²) < 4.78 is 25.4. The summed E-state index contributed by atoms with van der Waals surface area (Å²) >= 11 is 1.39. The van der Waals surface area contributed by atoms with Crippen LogP contribution >= 0.6 is 11.8 Å². The molecule has 1 atom stereocenters. The van der Waals surface area contributed by atoms with Crippen LogP contribution in [0, 0.1) is 0 Å². The Hall–Kier alpha value is -2.33. The fraction of sp³-hybridized carbons (Fsp3) is 0.500. The average molecular weight is 477 g/mol. The molecule has 1 aromatic heterocycles. The molecule has 8 nitrogen and oxygen atoms in total. The van der Waals surface area contributed by atoms with Crippen molar-refractivity contribution in [3.8, 4) is 11.3 Å². The second-order valence-corrected chi connectivity index (χ2v) is 11.4. The molecule has 32 heavy (non-hydrogen) atoms. The molecule has 1 saturated carbocycles. The van der Waals surface area contributed by atoms with E-state index < -0.39 is 9.84 Å². The lowest BCUT2D eigenvalue weighted by Gasteiger charge is -2.21. The highest BCUT2D eigenvalue weighted by Gasteiger charge is 2.31. The van der Waals surface area contributed by atoms with Crippen molar-refractivity contribution >= 4 is 33.4 Å². The Kier molecular flexibility index (Phi) is 6.90. The zero-order chi connectivity index (χ0) is 22.7. The predicted molar refractivity (Wildman–Crippen MR) is 124 cm³/mol. The number of imidazole rings is 1. The molecule has 4 rings (SSSR count). The number of sulfone groups is 1. The average Bonchev–Trinajstić information content (AvgIpc) is 3.43. The van der Waals surface area contributed by atoms with E-state index >= 15 is 0 Å². The summed E-state index contributed by atoms with van der Waals surface area (Å²) in [6.45, 7) is 2.16. The number of rotatable bonds is 9. The highest BCUT2D eigenvalue weighted by atomic mass is 32.2. The molecule has 2 fully saturated rings. The van der Waals surface area contributed by atoms with E-state index in [1.54, 1.807) is 0 Å². The first kappa shape index (κ1) is 22.8. The molecule has 2 aliphatic rings. The zero-order valence-corrected chi connectivity index (χ0v) is 19.7. The van der Waals surface area contributed by atoms with Gasteiger partial charge in [0.1, 0.15) is 0 Å². The van der Waals surface area contributed by atoms with Crippen molar-refractivity contribution < 1.29 is 18.0 Å². The Morgan fingerprint density at radius 2 is 1.97 bits per heavy atom. The summed E-state index contributed by atoms with van der Waals surface area (Å²) in [4.78, 5) is 31.2. The van der Waals surface area contributed by atoms with Crippen molar-refractivity contribution in [3.63, 3.8) is 0 Å². The lowest BCUT2D eigenvalue weighted by molar-refractivity contribution is -0.134. The summed E-state index contributed by atoms with van der Waals surface area (Å²) in [7, 11) is -3.06. The number of carbonyl (C=O) groups is 2. The number of nitrogens with one attached hydrogen (secondary N) is 1. The number of hydrogen-bond donors (Lipinski definition) is 1. The molecule has 1 N–H and O–H groups in total. The summed E-state index contributed by atoms with van der Waals surface area (Å²) in [5.41, 5.74) is 2.16. The number of hydrogen-bond acceptors (Lipinski definition) is 6. The monoisotopic (exact) mass is 476 g/mol. The number of likely N-dealkylation sites (N-methyl/N-ethyl adjacent to an activating group) is 1. The van der Waals surface area contributed by atoms with E-state index in [9.17, 15) is 18.0 Å². The van der Waals surface area contributed by atoms with Gasteiger partial charge in [0.15, 0.2) is 15.0 Å². The van der Waals surface area contributed by atoms with Gasteiger partial charge in [-0.2, -0.15) is 0 Å². The molecule has 1 aliphatic carbocycles. The Bertz CT molecular complexity index is 1080. The van der Waals surface area contributed by atoms with Gasteiger partial charge in [-0.1, -0.05) is 42.1 Å². The smallest absolute Gasteiger partial charge is 0.239 e. The highest BCUT2D eigenvalue weighted by Crippen LogP contribution is 2.41. The normalized spacial score (nSPS) is 19.6. The van der Waals surface area contributed by atoms with E-state index in [0.717, 1.165) is 29.3 Å².